The summed E-state index contributed by atoms with van der Waals surface area (Å²) in [7, 11) is 0.998. The Labute approximate surface area is 123 Å². The van der Waals surface area contributed by atoms with Crippen molar-refractivity contribution in [2.45, 2.75) is 18.7 Å². The number of ether oxygens (including phenoxy) is 1. The second-order valence-corrected chi connectivity index (χ2v) is 7.53. The predicted octanol–water partition coefficient (Wildman–Crippen LogP) is 3.33. The lowest BCUT2D eigenvalue weighted by Gasteiger charge is -2.09. The van der Waals surface area contributed by atoms with Crippen LogP contribution in [0.1, 0.15) is 24.2 Å². The van der Waals surface area contributed by atoms with E-state index < -0.39 is 25.7 Å². The summed E-state index contributed by atoms with van der Waals surface area (Å²) in [5, 5.41) is 0. The number of hydrogen-bond donors (Lipinski definition) is 0. The van der Waals surface area contributed by atoms with Crippen LogP contribution in [0.25, 0.3) is 0 Å². The minimum absolute atomic E-state index is 0.112. The molecule has 0 N–H and O–H groups in total. The average molecular weight is 374 g/mol. The molecule has 0 bridgehead atoms. The van der Waals surface area contributed by atoms with Gasteiger partial charge in [0, 0.05) is 10.7 Å². The Balaban J connectivity index is 3.18. The summed E-state index contributed by atoms with van der Waals surface area (Å²) in [6, 6.07) is 1.86. The van der Waals surface area contributed by atoms with Crippen LogP contribution in [0.15, 0.2) is 21.5 Å². The molecular formula is C11H11BrClFO4S. The third-order valence-corrected chi connectivity index (χ3v) is 4.46. The summed E-state index contributed by atoms with van der Waals surface area (Å²) < 4.78 is 40.7. The Morgan fingerprint density at radius 3 is 2.53 bits per heavy atom. The highest BCUT2D eigenvalue weighted by atomic mass is 79.9. The Kier molecular flexibility index (Phi) is 5.34. The van der Waals surface area contributed by atoms with Crippen LogP contribution >= 0.6 is 26.6 Å². The van der Waals surface area contributed by atoms with Gasteiger partial charge >= 0.3 is 5.97 Å². The normalized spacial score (nSPS) is 11.7. The molecule has 0 saturated carbocycles. The molecule has 106 valence electrons. The predicted molar refractivity (Wildman–Crippen MR) is 72.3 cm³/mol. The Hall–Kier alpha value is -0.660. The van der Waals surface area contributed by atoms with Crippen LogP contribution < -0.4 is 0 Å². The minimum atomic E-state index is -4.17. The van der Waals surface area contributed by atoms with E-state index in [1.54, 1.807) is 0 Å². The molecule has 0 aliphatic carbocycles. The van der Waals surface area contributed by atoms with Crippen LogP contribution in [0.4, 0.5) is 4.39 Å². The van der Waals surface area contributed by atoms with Crippen LogP contribution in [-0.4, -0.2) is 21.0 Å². The van der Waals surface area contributed by atoms with E-state index >= 15 is 0 Å². The third-order valence-electron chi connectivity index (χ3n) is 2.04. The highest BCUT2D eigenvalue weighted by Crippen LogP contribution is 2.29. The van der Waals surface area contributed by atoms with Crippen molar-refractivity contribution in [2.24, 2.45) is 5.92 Å². The van der Waals surface area contributed by atoms with Crippen LogP contribution in [0.3, 0.4) is 0 Å². The van der Waals surface area contributed by atoms with Crippen molar-refractivity contribution < 1.29 is 22.3 Å². The summed E-state index contributed by atoms with van der Waals surface area (Å²) >= 11 is 2.77. The van der Waals surface area contributed by atoms with Crippen molar-refractivity contribution >= 4 is 41.6 Å². The zero-order valence-corrected chi connectivity index (χ0v) is 13.3. The molecule has 0 aliphatic rings. The number of benzene rings is 1. The van der Waals surface area contributed by atoms with E-state index in [4.69, 9.17) is 15.4 Å². The molecule has 0 amide bonds. The largest absolute Gasteiger partial charge is 0.462 e. The highest BCUT2D eigenvalue weighted by molar-refractivity contribution is 9.10. The Morgan fingerprint density at radius 1 is 1.47 bits per heavy atom. The van der Waals surface area contributed by atoms with Gasteiger partial charge in [-0.15, -0.1) is 0 Å². The maximum atomic E-state index is 13.6. The molecule has 0 aromatic heterocycles. The van der Waals surface area contributed by atoms with Crippen LogP contribution in [0, 0.1) is 11.7 Å². The molecule has 1 aromatic carbocycles. The van der Waals surface area contributed by atoms with Gasteiger partial charge in [-0.1, -0.05) is 13.8 Å². The van der Waals surface area contributed by atoms with E-state index in [0.29, 0.717) is 0 Å². The molecule has 0 unspecified atom stereocenters. The fourth-order valence-corrected chi connectivity index (χ4v) is 3.28. The van der Waals surface area contributed by atoms with Gasteiger partial charge in [0.05, 0.1) is 16.6 Å². The monoisotopic (exact) mass is 372 g/mol. The summed E-state index contributed by atoms with van der Waals surface area (Å²) in [5.41, 5.74) is -0.208. The lowest BCUT2D eigenvalue weighted by atomic mass is 10.2. The van der Waals surface area contributed by atoms with Crippen molar-refractivity contribution in [1.82, 2.24) is 0 Å². The van der Waals surface area contributed by atoms with E-state index in [1.807, 2.05) is 13.8 Å². The standard InChI is InChI=1S/C11H11BrClFO4S/c1-6(2)5-18-11(15)7-3-8(14)10(12)9(4-7)19(13,16)17/h3-4,6H,5H2,1-2H3. The highest BCUT2D eigenvalue weighted by Gasteiger charge is 2.22. The molecule has 0 saturated heterocycles. The Morgan fingerprint density at radius 2 is 2.05 bits per heavy atom. The van der Waals surface area contributed by atoms with Crippen LogP contribution in [-0.2, 0) is 13.8 Å². The van der Waals surface area contributed by atoms with E-state index in [0.717, 1.165) is 12.1 Å². The molecule has 8 heteroatoms. The Bertz CT molecular complexity index is 601. The van der Waals surface area contributed by atoms with Gasteiger partial charge in [-0.2, -0.15) is 0 Å². The maximum absolute atomic E-state index is 13.6. The number of rotatable bonds is 4. The quantitative estimate of drug-likeness (QED) is 0.600. The first kappa shape index (κ1) is 16.4. The molecule has 19 heavy (non-hydrogen) atoms. The molecule has 0 radical (unpaired) electrons. The first-order valence-electron chi connectivity index (χ1n) is 5.23. The molecule has 1 rings (SSSR count). The summed E-state index contributed by atoms with van der Waals surface area (Å²) in [6.07, 6.45) is 0. The molecule has 0 heterocycles. The topological polar surface area (TPSA) is 60.4 Å². The molecule has 1 aromatic rings. The smallest absolute Gasteiger partial charge is 0.338 e. The average Bonchev–Trinajstić information content (AvgIpc) is 2.27. The number of carbonyl (C=O) groups excluding carboxylic acids is 1. The van der Waals surface area contributed by atoms with Gasteiger partial charge in [0.2, 0.25) is 0 Å². The molecule has 0 aliphatic heterocycles. The first-order valence-corrected chi connectivity index (χ1v) is 8.34. The number of halogens is 3. The zero-order valence-electron chi connectivity index (χ0n) is 10.1. The van der Waals surface area contributed by atoms with Crippen molar-refractivity contribution in [3.05, 3.63) is 28.0 Å². The molecular weight excluding hydrogens is 363 g/mol. The molecule has 0 spiro atoms. The van der Waals surface area contributed by atoms with E-state index in [2.05, 4.69) is 15.9 Å². The molecule has 0 atom stereocenters. The van der Waals surface area contributed by atoms with Gasteiger partial charge in [0.25, 0.3) is 9.05 Å². The minimum Gasteiger partial charge on any atom is -0.462 e. The fraction of sp³-hybridized carbons (Fsp3) is 0.364. The van der Waals surface area contributed by atoms with Gasteiger partial charge < -0.3 is 4.74 Å². The van der Waals surface area contributed by atoms with Crippen LogP contribution in [0.2, 0.25) is 0 Å². The van der Waals surface area contributed by atoms with Crippen molar-refractivity contribution in [1.29, 1.82) is 0 Å². The maximum Gasteiger partial charge on any atom is 0.338 e. The van der Waals surface area contributed by atoms with Gasteiger partial charge in [-0.3, -0.25) is 0 Å². The van der Waals surface area contributed by atoms with Gasteiger partial charge in [-0.05, 0) is 34.0 Å². The van der Waals surface area contributed by atoms with Crippen molar-refractivity contribution in [3.8, 4) is 0 Å². The third kappa shape index (κ3) is 4.43. The number of esters is 1. The van der Waals surface area contributed by atoms with Crippen LogP contribution in [0.5, 0.6) is 0 Å². The van der Waals surface area contributed by atoms with E-state index in [1.165, 1.54) is 0 Å². The van der Waals surface area contributed by atoms with Gasteiger partial charge in [-0.25, -0.2) is 17.6 Å². The zero-order chi connectivity index (χ0) is 14.8. The van der Waals surface area contributed by atoms with Crippen molar-refractivity contribution in [2.75, 3.05) is 6.61 Å². The SMILES string of the molecule is CC(C)COC(=O)c1cc(F)c(Br)c(S(=O)(=O)Cl)c1. The van der Waals surface area contributed by atoms with Gasteiger partial charge in [0.15, 0.2) is 0 Å². The summed E-state index contributed by atoms with van der Waals surface area (Å²) in [4.78, 5) is 11.1. The second-order valence-electron chi connectivity index (χ2n) is 4.20. The van der Waals surface area contributed by atoms with E-state index in [-0.39, 0.29) is 22.6 Å². The fourth-order valence-electron chi connectivity index (χ4n) is 1.18. The van der Waals surface area contributed by atoms with Crippen molar-refractivity contribution in [3.63, 3.8) is 0 Å². The lowest BCUT2D eigenvalue weighted by molar-refractivity contribution is 0.0458. The second kappa shape index (κ2) is 6.19. The number of carbonyl (C=O) groups is 1. The first-order chi connectivity index (χ1) is 8.62. The molecule has 0 fully saturated rings. The number of hydrogen-bond acceptors (Lipinski definition) is 4. The lowest BCUT2D eigenvalue weighted by Crippen LogP contribution is -2.11. The van der Waals surface area contributed by atoms with E-state index in [9.17, 15) is 17.6 Å². The summed E-state index contributed by atoms with van der Waals surface area (Å²) in [6.45, 7) is 3.83. The molecule has 4 nitrogen and oxygen atoms in total. The summed E-state index contributed by atoms with van der Waals surface area (Å²) in [5.74, 6) is -1.60. The van der Waals surface area contributed by atoms with Gasteiger partial charge in [0.1, 0.15) is 10.7 Å².